The Balaban J connectivity index is 1.53. The molecule has 0 aromatic heterocycles. The summed E-state index contributed by atoms with van der Waals surface area (Å²) >= 11 is 0. The van der Waals surface area contributed by atoms with Gasteiger partial charge in [0.05, 0.1) is 13.2 Å². The van der Waals surface area contributed by atoms with E-state index in [1.54, 1.807) is 18.2 Å². The topological polar surface area (TPSA) is 87.9 Å². The van der Waals surface area contributed by atoms with Crippen LogP contribution in [0.3, 0.4) is 0 Å². The van der Waals surface area contributed by atoms with Gasteiger partial charge in [-0.2, -0.15) is 0 Å². The standard InChI is InChI=1S/C18H26N4O3/c1-13-2-3-15(10-16(13)17(19)23)20-18(24)22-5-4-14(12-22)11-21-6-8-25-9-7-21/h2-3,10,14H,4-9,11-12H2,1H3,(H2,19,23)(H,20,24). The number of morpholine rings is 1. The molecule has 3 amide bonds. The van der Waals surface area contributed by atoms with Crippen LogP contribution >= 0.6 is 0 Å². The largest absolute Gasteiger partial charge is 0.379 e. The van der Waals surface area contributed by atoms with Crippen LogP contribution in [0.5, 0.6) is 0 Å². The number of nitrogens with one attached hydrogen (secondary N) is 1. The number of nitrogens with two attached hydrogens (primary N) is 1. The summed E-state index contributed by atoms with van der Waals surface area (Å²) in [4.78, 5) is 28.2. The molecule has 136 valence electrons. The number of hydrogen-bond donors (Lipinski definition) is 2. The first-order chi connectivity index (χ1) is 12.0. The molecular formula is C18H26N4O3. The minimum absolute atomic E-state index is 0.122. The third-order valence-electron chi connectivity index (χ3n) is 4.95. The fourth-order valence-corrected chi connectivity index (χ4v) is 3.48. The zero-order valence-electron chi connectivity index (χ0n) is 14.7. The Hall–Kier alpha value is -2.12. The van der Waals surface area contributed by atoms with Crippen LogP contribution in [0.25, 0.3) is 0 Å². The van der Waals surface area contributed by atoms with Gasteiger partial charge < -0.3 is 20.7 Å². The molecule has 0 radical (unpaired) electrons. The molecule has 7 heteroatoms. The van der Waals surface area contributed by atoms with Crippen LogP contribution in [-0.4, -0.2) is 67.7 Å². The van der Waals surface area contributed by atoms with Crippen LogP contribution in [0.4, 0.5) is 10.5 Å². The van der Waals surface area contributed by atoms with E-state index < -0.39 is 5.91 Å². The van der Waals surface area contributed by atoms with Crippen LogP contribution in [0.2, 0.25) is 0 Å². The van der Waals surface area contributed by atoms with E-state index in [-0.39, 0.29) is 6.03 Å². The van der Waals surface area contributed by atoms with Gasteiger partial charge in [0.2, 0.25) is 5.91 Å². The molecule has 1 aromatic rings. The number of ether oxygens (including phenoxy) is 1. The number of likely N-dealkylation sites (tertiary alicyclic amines) is 1. The number of urea groups is 1. The van der Waals surface area contributed by atoms with Crippen molar-refractivity contribution < 1.29 is 14.3 Å². The molecular weight excluding hydrogens is 320 g/mol. The normalized spacial score (nSPS) is 21.3. The van der Waals surface area contributed by atoms with Gasteiger partial charge in [0, 0.05) is 44.0 Å². The first-order valence-corrected chi connectivity index (χ1v) is 8.79. The van der Waals surface area contributed by atoms with Crippen molar-refractivity contribution in [2.75, 3.05) is 51.3 Å². The maximum atomic E-state index is 12.5. The molecule has 0 spiro atoms. The second-order valence-corrected chi connectivity index (χ2v) is 6.84. The third-order valence-corrected chi connectivity index (χ3v) is 4.95. The van der Waals surface area contributed by atoms with Crippen LogP contribution in [0.15, 0.2) is 18.2 Å². The predicted octanol–water partition coefficient (Wildman–Crippen LogP) is 1.28. The first kappa shape index (κ1) is 17.7. The van der Waals surface area contributed by atoms with Gasteiger partial charge in [-0.3, -0.25) is 9.69 Å². The SMILES string of the molecule is Cc1ccc(NC(=O)N2CCC(CN3CCOCC3)C2)cc1C(N)=O. The highest BCUT2D eigenvalue weighted by atomic mass is 16.5. The second-order valence-electron chi connectivity index (χ2n) is 6.84. The van der Waals surface area contributed by atoms with E-state index in [0.29, 0.717) is 17.2 Å². The number of anilines is 1. The lowest BCUT2D eigenvalue weighted by molar-refractivity contribution is 0.0314. The lowest BCUT2D eigenvalue weighted by Gasteiger charge is -2.29. The van der Waals surface area contributed by atoms with Crippen LogP contribution in [0.1, 0.15) is 22.3 Å². The summed E-state index contributed by atoms with van der Waals surface area (Å²) in [5.74, 6) is 0.0170. The van der Waals surface area contributed by atoms with E-state index in [9.17, 15) is 9.59 Å². The number of hydrogen-bond acceptors (Lipinski definition) is 4. The first-order valence-electron chi connectivity index (χ1n) is 8.79. The van der Waals surface area contributed by atoms with Crippen molar-refractivity contribution in [3.8, 4) is 0 Å². The van der Waals surface area contributed by atoms with E-state index in [2.05, 4.69) is 10.2 Å². The average molecular weight is 346 g/mol. The lowest BCUT2D eigenvalue weighted by atomic mass is 10.1. The molecule has 1 aromatic carbocycles. The highest BCUT2D eigenvalue weighted by molar-refractivity contribution is 5.97. The monoisotopic (exact) mass is 346 g/mol. The van der Waals surface area contributed by atoms with Crippen molar-refractivity contribution in [3.05, 3.63) is 29.3 Å². The molecule has 7 nitrogen and oxygen atoms in total. The molecule has 2 fully saturated rings. The maximum Gasteiger partial charge on any atom is 0.321 e. The lowest BCUT2D eigenvalue weighted by Crippen LogP contribution is -2.40. The Morgan fingerprint density at radius 3 is 2.76 bits per heavy atom. The van der Waals surface area contributed by atoms with Gasteiger partial charge in [-0.1, -0.05) is 6.07 Å². The van der Waals surface area contributed by atoms with Gasteiger partial charge >= 0.3 is 6.03 Å². The summed E-state index contributed by atoms with van der Waals surface area (Å²) in [6.45, 7) is 7.90. The smallest absolute Gasteiger partial charge is 0.321 e. The van der Waals surface area contributed by atoms with Crippen LogP contribution in [0, 0.1) is 12.8 Å². The summed E-state index contributed by atoms with van der Waals surface area (Å²) in [7, 11) is 0. The van der Waals surface area contributed by atoms with Gasteiger partial charge in [-0.05, 0) is 37.0 Å². The number of benzene rings is 1. The van der Waals surface area contributed by atoms with E-state index in [1.165, 1.54) is 0 Å². The zero-order chi connectivity index (χ0) is 17.8. The van der Waals surface area contributed by atoms with E-state index in [0.717, 1.165) is 57.9 Å². The number of carbonyl (C=O) groups is 2. The quantitative estimate of drug-likeness (QED) is 0.860. The zero-order valence-corrected chi connectivity index (χ0v) is 14.7. The molecule has 1 unspecified atom stereocenters. The van der Waals surface area contributed by atoms with Crippen molar-refractivity contribution in [2.24, 2.45) is 11.7 Å². The van der Waals surface area contributed by atoms with Crippen molar-refractivity contribution in [1.29, 1.82) is 0 Å². The summed E-state index contributed by atoms with van der Waals surface area (Å²) in [6, 6.07) is 5.10. The fraction of sp³-hybridized carbons (Fsp3) is 0.556. The van der Waals surface area contributed by atoms with Gasteiger partial charge in [-0.25, -0.2) is 4.79 Å². The molecule has 2 aliphatic rings. The third kappa shape index (κ3) is 4.49. The molecule has 2 saturated heterocycles. The number of amides is 3. The maximum absolute atomic E-state index is 12.5. The van der Waals surface area contributed by atoms with Crippen molar-refractivity contribution in [3.63, 3.8) is 0 Å². The van der Waals surface area contributed by atoms with Gasteiger partial charge in [-0.15, -0.1) is 0 Å². The molecule has 0 saturated carbocycles. The van der Waals surface area contributed by atoms with E-state index >= 15 is 0 Å². The summed E-state index contributed by atoms with van der Waals surface area (Å²) in [5, 5.41) is 2.88. The predicted molar refractivity (Wildman–Crippen MR) is 95.7 cm³/mol. The number of primary amides is 1. The van der Waals surface area contributed by atoms with Gasteiger partial charge in [0.15, 0.2) is 0 Å². The highest BCUT2D eigenvalue weighted by Gasteiger charge is 2.28. The average Bonchev–Trinajstić information content (AvgIpc) is 3.06. The fourth-order valence-electron chi connectivity index (χ4n) is 3.48. The number of aryl methyl sites for hydroxylation is 1. The van der Waals surface area contributed by atoms with E-state index in [1.807, 2.05) is 11.8 Å². The van der Waals surface area contributed by atoms with Crippen molar-refractivity contribution >= 4 is 17.6 Å². The van der Waals surface area contributed by atoms with Crippen molar-refractivity contribution in [1.82, 2.24) is 9.80 Å². The summed E-state index contributed by atoms with van der Waals surface area (Å²) in [6.07, 6.45) is 1.02. The summed E-state index contributed by atoms with van der Waals surface area (Å²) < 4.78 is 5.38. The highest BCUT2D eigenvalue weighted by Crippen LogP contribution is 2.20. The molecule has 2 aliphatic heterocycles. The van der Waals surface area contributed by atoms with Crippen LogP contribution in [-0.2, 0) is 4.74 Å². The second kappa shape index (κ2) is 7.84. The Morgan fingerprint density at radius 2 is 2.04 bits per heavy atom. The van der Waals surface area contributed by atoms with Gasteiger partial charge in [0.25, 0.3) is 0 Å². The molecule has 0 bridgehead atoms. The molecule has 3 N–H and O–H groups in total. The van der Waals surface area contributed by atoms with Gasteiger partial charge in [0.1, 0.15) is 0 Å². The Morgan fingerprint density at radius 1 is 1.28 bits per heavy atom. The Bertz CT molecular complexity index is 643. The molecule has 0 aliphatic carbocycles. The summed E-state index contributed by atoms with van der Waals surface area (Å²) in [5.41, 5.74) is 7.20. The van der Waals surface area contributed by atoms with Crippen molar-refractivity contribution in [2.45, 2.75) is 13.3 Å². The Kier molecular flexibility index (Phi) is 5.55. The number of rotatable bonds is 4. The minimum atomic E-state index is -0.486. The van der Waals surface area contributed by atoms with Crippen LogP contribution < -0.4 is 11.1 Å². The minimum Gasteiger partial charge on any atom is -0.379 e. The molecule has 1 atom stereocenters. The number of carbonyl (C=O) groups excluding carboxylic acids is 2. The number of nitrogens with zero attached hydrogens (tertiary/aromatic N) is 2. The Labute approximate surface area is 148 Å². The molecule has 2 heterocycles. The molecule has 3 rings (SSSR count). The molecule has 25 heavy (non-hydrogen) atoms. The van der Waals surface area contributed by atoms with E-state index in [4.69, 9.17) is 10.5 Å².